The third-order valence-electron chi connectivity index (χ3n) is 4.59. The summed E-state index contributed by atoms with van der Waals surface area (Å²) in [6, 6.07) is 10.1. The molecule has 0 saturated heterocycles. The van der Waals surface area contributed by atoms with Gasteiger partial charge in [-0.1, -0.05) is 12.1 Å². The molecule has 1 aromatic heterocycles. The summed E-state index contributed by atoms with van der Waals surface area (Å²) in [5.74, 6) is -0.446. The molecular weight excluding hydrogens is 344 g/mol. The van der Waals surface area contributed by atoms with Crippen molar-refractivity contribution in [2.75, 3.05) is 33.9 Å². The Morgan fingerprint density at radius 3 is 2.44 bits per heavy atom. The molecule has 0 fully saturated rings. The molecule has 0 atom stereocenters. The number of esters is 1. The van der Waals surface area contributed by atoms with Gasteiger partial charge in [-0.05, 0) is 44.5 Å². The van der Waals surface area contributed by atoms with Crippen molar-refractivity contribution in [2.45, 2.75) is 27.2 Å². The van der Waals surface area contributed by atoms with Gasteiger partial charge in [0.1, 0.15) is 0 Å². The van der Waals surface area contributed by atoms with E-state index < -0.39 is 0 Å². The summed E-state index contributed by atoms with van der Waals surface area (Å²) in [7, 11) is 2.94. The molecule has 0 bridgehead atoms. The highest BCUT2D eigenvalue weighted by molar-refractivity contribution is 5.96. The van der Waals surface area contributed by atoms with E-state index in [0.717, 1.165) is 22.6 Å². The maximum atomic E-state index is 13.1. The first-order chi connectivity index (χ1) is 12.9. The summed E-state index contributed by atoms with van der Waals surface area (Å²) >= 11 is 0. The third-order valence-corrected chi connectivity index (χ3v) is 4.59. The minimum Gasteiger partial charge on any atom is -0.469 e. The van der Waals surface area contributed by atoms with Crippen molar-refractivity contribution in [1.82, 2.24) is 9.47 Å². The summed E-state index contributed by atoms with van der Waals surface area (Å²) in [5.41, 5.74) is 4.69. The normalized spacial score (nSPS) is 10.7. The Bertz CT molecular complexity index is 811. The van der Waals surface area contributed by atoms with Crippen LogP contribution in [-0.4, -0.2) is 55.3 Å². The lowest BCUT2D eigenvalue weighted by Gasteiger charge is -2.22. The predicted molar refractivity (Wildman–Crippen MR) is 104 cm³/mol. The summed E-state index contributed by atoms with van der Waals surface area (Å²) < 4.78 is 11.9. The molecule has 0 radical (unpaired) electrons. The molecule has 146 valence electrons. The predicted octanol–water partition coefficient (Wildman–Crippen LogP) is 3.05. The Hall–Kier alpha value is -2.60. The molecule has 1 amide bonds. The molecule has 0 N–H and O–H groups in total. The fourth-order valence-electron chi connectivity index (χ4n) is 3.16. The summed E-state index contributed by atoms with van der Waals surface area (Å²) in [6.07, 6.45) is 0.155. The van der Waals surface area contributed by atoms with Gasteiger partial charge in [0.15, 0.2) is 0 Å². The second kappa shape index (κ2) is 9.37. The minimum atomic E-state index is -0.338. The van der Waals surface area contributed by atoms with Gasteiger partial charge in [0.2, 0.25) is 0 Å². The van der Waals surface area contributed by atoms with Crippen molar-refractivity contribution in [3.8, 4) is 5.69 Å². The molecule has 6 heteroatoms. The number of hydrogen-bond acceptors (Lipinski definition) is 4. The molecule has 1 heterocycles. The van der Waals surface area contributed by atoms with Crippen LogP contribution in [-0.2, 0) is 14.3 Å². The second-order valence-corrected chi connectivity index (χ2v) is 6.57. The highest BCUT2D eigenvalue weighted by Gasteiger charge is 2.22. The van der Waals surface area contributed by atoms with Gasteiger partial charge in [-0.2, -0.15) is 0 Å². The van der Waals surface area contributed by atoms with E-state index in [2.05, 4.69) is 10.6 Å². The van der Waals surface area contributed by atoms with Crippen LogP contribution in [0.15, 0.2) is 30.3 Å². The fourth-order valence-corrected chi connectivity index (χ4v) is 3.16. The largest absolute Gasteiger partial charge is 0.469 e. The first-order valence-corrected chi connectivity index (χ1v) is 9.00. The van der Waals surface area contributed by atoms with E-state index in [4.69, 9.17) is 9.47 Å². The summed E-state index contributed by atoms with van der Waals surface area (Å²) in [6.45, 7) is 7.09. The van der Waals surface area contributed by atoms with Crippen LogP contribution in [0.2, 0.25) is 0 Å². The number of carbonyl (C=O) groups is 2. The molecular formula is C21H28N2O4. The Labute approximate surface area is 160 Å². The first-order valence-electron chi connectivity index (χ1n) is 9.00. The number of carbonyl (C=O) groups excluding carboxylic acids is 2. The molecule has 0 unspecified atom stereocenters. The standard InChI is InChI=1S/C21H28N2O4/c1-15-7-6-8-18(13-15)23-16(2)14-19(17(23)3)21(25)22(11-12-26-4)10-9-20(24)27-5/h6-8,13-14H,9-12H2,1-5H3. The van der Waals surface area contributed by atoms with Crippen LogP contribution in [0.1, 0.15) is 33.7 Å². The number of ether oxygens (including phenoxy) is 2. The van der Waals surface area contributed by atoms with Crippen molar-refractivity contribution >= 4 is 11.9 Å². The second-order valence-electron chi connectivity index (χ2n) is 6.57. The van der Waals surface area contributed by atoms with E-state index in [1.807, 2.05) is 45.0 Å². The zero-order chi connectivity index (χ0) is 20.0. The highest BCUT2D eigenvalue weighted by atomic mass is 16.5. The Kier molecular flexibility index (Phi) is 7.19. The molecule has 27 heavy (non-hydrogen) atoms. The molecule has 1 aromatic carbocycles. The van der Waals surface area contributed by atoms with Gasteiger partial charge in [-0.25, -0.2) is 0 Å². The Morgan fingerprint density at radius 1 is 1.07 bits per heavy atom. The fraction of sp³-hybridized carbons (Fsp3) is 0.429. The number of aryl methyl sites for hydroxylation is 2. The van der Waals surface area contributed by atoms with E-state index in [9.17, 15) is 9.59 Å². The van der Waals surface area contributed by atoms with Crippen molar-refractivity contribution in [3.63, 3.8) is 0 Å². The smallest absolute Gasteiger partial charge is 0.307 e. The molecule has 0 saturated carbocycles. The lowest BCUT2D eigenvalue weighted by atomic mass is 10.2. The van der Waals surface area contributed by atoms with Gasteiger partial charge >= 0.3 is 5.97 Å². The van der Waals surface area contributed by atoms with Crippen molar-refractivity contribution in [2.24, 2.45) is 0 Å². The molecule has 0 aliphatic heterocycles. The summed E-state index contributed by atoms with van der Waals surface area (Å²) in [5, 5.41) is 0. The van der Waals surface area contributed by atoms with Gasteiger partial charge in [0.05, 0.1) is 25.7 Å². The maximum absolute atomic E-state index is 13.1. The zero-order valence-corrected chi connectivity index (χ0v) is 16.7. The van der Waals surface area contributed by atoms with E-state index in [-0.39, 0.29) is 18.3 Å². The number of rotatable bonds is 8. The number of methoxy groups -OCH3 is 2. The van der Waals surface area contributed by atoms with Gasteiger partial charge in [-0.3, -0.25) is 9.59 Å². The number of benzene rings is 1. The van der Waals surface area contributed by atoms with Crippen molar-refractivity contribution in [3.05, 3.63) is 52.8 Å². The Morgan fingerprint density at radius 2 is 1.81 bits per heavy atom. The molecule has 2 aromatic rings. The zero-order valence-electron chi connectivity index (χ0n) is 16.7. The van der Waals surface area contributed by atoms with Crippen LogP contribution in [0.4, 0.5) is 0 Å². The average Bonchev–Trinajstić information content (AvgIpc) is 2.95. The molecule has 0 aliphatic carbocycles. The lowest BCUT2D eigenvalue weighted by molar-refractivity contribution is -0.140. The highest BCUT2D eigenvalue weighted by Crippen LogP contribution is 2.23. The Balaban J connectivity index is 2.32. The maximum Gasteiger partial charge on any atom is 0.307 e. The third kappa shape index (κ3) is 4.98. The van der Waals surface area contributed by atoms with Crippen LogP contribution >= 0.6 is 0 Å². The van der Waals surface area contributed by atoms with Crippen LogP contribution in [0, 0.1) is 20.8 Å². The first kappa shape index (κ1) is 20.7. The topological polar surface area (TPSA) is 60.8 Å². The van der Waals surface area contributed by atoms with Crippen LogP contribution < -0.4 is 0 Å². The van der Waals surface area contributed by atoms with Crippen molar-refractivity contribution in [1.29, 1.82) is 0 Å². The molecule has 0 spiro atoms. The number of nitrogens with zero attached hydrogens (tertiary/aromatic N) is 2. The number of hydrogen-bond donors (Lipinski definition) is 0. The van der Waals surface area contributed by atoms with Gasteiger partial charge < -0.3 is 18.9 Å². The van der Waals surface area contributed by atoms with Crippen LogP contribution in [0.5, 0.6) is 0 Å². The number of aromatic nitrogens is 1. The molecule has 0 aliphatic rings. The van der Waals surface area contributed by atoms with E-state index in [1.54, 1.807) is 12.0 Å². The van der Waals surface area contributed by atoms with E-state index in [1.165, 1.54) is 7.11 Å². The van der Waals surface area contributed by atoms with Crippen LogP contribution in [0.3, 0.4) is 0 Å². The van der Waals surface area contributed by atoms with Crippen molar-refractivity contribution < 1.29 is 19.1 Å². The SMILES string of the molecule is COCCN(CCC(=O)OC)C(=O)c1cc(C)n(-c2cccc(C)c2)c1C. The van der Waals surface area contributed by atoms with Crippen LogP contribution in [0.25, 0.3) is 5.69 Å². The lowest BCUT2D eigenvalue weighted by Crippen LogP contribution is -2.36. The monoisotopic (exact) mass is 372 g/mol. The quantitative estimate of drug-likeness (QED) is 0.668. The molecule has 6 nitrogen and oxygen atoms in total. The average molecular weight is 372 g/mol. The van der Waals surface area contributed by atoms with E-state index >= 15 is 0 Å². The van der Waals surface area contributed by atoms with Gasteiger partial charge in [0, 0.05) is 37.3 Å². The van der Waals surface area contributed by atoms with Gasteiger partial charge in [0.25, 0.3) is 5.91 Å². The molecule has 2 rings (SSSR count). The minimum absolute atomic E-state index is 0.108. The van der Waals surface area contributed by atoms with Gasteiger partial charge in [-0.15, -0.1) is 0 Å². The van der Waals surface area contributed by atoms with E-state index in [0.29, 0.717) is 25.3 Å². The summed E-state index contributed by atoms with van der Waals surface area (Å²) in [4.78, 5) is 26.3. The number of amides is 1.